The Balaban J connectivity index is 1.06. The molecule has 5 rings (SSSR count). The molecule has 3 unspecified atom stereocenters. The number of fused-ring (bicyclic) bond motifs is 1. The fourth-order valence-electron chi connectivity index (χ4n) is 5.57. The van der Waals surface area contributed by atoms with Crippen molar-refractivity contribution in [2.75, 3.05) is 13.1 Å². The normalized spacial score (nSPS) is 24.9. The lowest BCUT2D eigenvalue weighted by Gasteiger charge is -2.40. The predicted octanol–water partition coefficient (Wildman–Crippen LogP) is 3.09. The van der Waals surface area contributed by atoms with E-state index in [0.717, 1.165) is 50.5 Å². The van der Waals surface area contributed by atoms with E-state index in [4.69, 9.17) is 9.68 Å². The summed E-state index contributed by atoms with van der Waals surface area (Å²) in [7, 11) is 0. The van der Waals surface area contributed by atoms with E-state index in [1.54, 1.807) is 24.3 Å². The van der Waals surface area contributed by atoms with Gasteiger partial charge in [-0.05, 0) is 62.8 Å². The predicted molar refractivity (Wildman–Crippen MR) is 128 cm³/mol. The van der Waals surface area contributed by atoms with Crippen molar-refractivity contribution in [2.24, 2.45) is 5.92 Å². The summed E-state index contributed by atoms with van der Waals surface area (Å²) in [4.78, 5) is 27.1. The molecule has 3 atom stereocenters. The number of likely N-dealkylation sites (tertiary alicyclic amines) is 1. The van der Waals surface area contributed by atoms with Crippen molar-refractivity contribution in [3.63, 3.8) is 0 Å². The van der Waals surface area contributed by atoms with E-state index in [1.165, 1.54) is 6.42 Å². The van der Waals surface area contributed by atoms with Crippen molar-refractivity contribution in [2.45, 2.75) is 75.9 Å². The van der Waals surface area contributed by atoms with E-state index in [9.17, 15) is 9.59 Å². The number of carbonyl (C=O) groups excluding carboxylic acids is 2. The van der Waals surface area contributed by atoms with Gasteiger partial charge in [-0.25, -0.2) is 0 Å². The Morgan fingerprint density at radius 3 is 2.66 bits per heavy atom. The maximum Gasteiger partial charge on any atom is 0.247 e. The summed E-state index contributed by atoms with van der Waals surface area (Å²) in [6, 6.07) is 9.46. The highest BCUT2D eigenvalue weighted by molar-refractivity contribution is 5.80. The van der Waals surface area contributed by atoms with Crippen LogP contribution in [0.2, 0.25) is 0 Å². The SMILES string of the molecule is N#Cc1ccc(-c2nnc(C3CCN(C(=O)CCCC4NC(=O)C5CCCCC5N4)CC3)o2)cc1. The molecule has 2 saturated heterocycles. The largest absolute Gasteiger partial charge is 0.420 e. The van der Waals surface area contributed by atoms with Gasteiger partial charge in [-0.15, -0.1) is 10.2 Å². The van der Waals surface area contributed by atoms with Crippen LogP contribution in [0.25, 0.3) is 11.5 Å². The lowest BCUT2D eigenvalue weighted by Crippen LogP contribution is -2.62. The molecule has 0 radical (unpaired) electrons. The Bertz CT molecular complexity index is 1080. The monoisotopic (exact) mass is 476 g/mol. The zero-order valence-corrected chi connectivity index (χ0v) is 19.9. The van der Waals surface area contributed by atoms with Gasteiger partial charge in [0.05, 0.1) is 23.7 Å². The first-order valence-corrected chi connectivity index (χ1v) is 12.8. The van der Waals surface area contributed by atoms with E-state index in [1.807, 2.05) is 4.90 Å². The minimum atomic E-state index is -0.0248. The summed E-state index contributed by atoms with van der Waals surface area (Å²) in [6.07, 6.45) is 7.96. The number of hydrogen-bond donors (Lipinski definition) is 2. The van der Waals surface area contributed by atoms with Gasteiger partial charge >= 0.3 is 0 Å². The van der Waals surface area contributed by atoms with Crippen LogP contribution in [0.3, 0.4) is 0 Å². The maximum atomic E-state index is 12.8. The van der Waals surface area contributed by atoms with Crippen LogP contribution in [0.15, 0.2) is 28.7 Å². The molecule has 1 saturated carbocycles. The summed E-state index contributed by atoms with van der Waals surface area (Å²) >= 11 is 0. The van der Waals surface area contributed by atoms with Crippen molar-refractivity contribution in [3.8, 4) is 17.5 Å². The smallest absolute Gasteiger partial charge is 0.247 e. The number of nitriles is 1. The van der Waals surface area contributed by atoms with Crippen LogP contribution in [0.4, 0.5) is 0 Å². The van der Waals surface area contributed by atoms with Gasteiger partial charge in [0, 0.05) is 37.0 Å². The standard InChI is InChI=1S/C26H32N6O3/c27-16-17-8-10-18(11-9-17)25-30-31-26(35-25)19-12-14-32(15-13-19)23(33)7-3-6-22-28-21-5-2-1-4-20(21)24(34)29-22/h8-11,19-22,28H,1-7,12-15H2,(H,29,34). The number of nitrogens with zero attached hydrogens (tertiary/aromatic N) is 4. The summed E-state index contributed by atoms with van der Waals surface area (Å²) in [6.45, 7) is 1.36. The molecule has 184 valence electrons. The lowest BCUT2D eigenvalue weighted by atomic mass is 9.82. The van der Waals surface area contributed by atoms with Crippen molar-refractivity contribution >= 4 is 11.8 Å². The van der Waals surface area contributed by atoms with Gasteiger partial charge in [0.25, 0.3) is 0 Å². The average Bonchev–Trinajstić information content (AvgIpc) is 3.39. The van der Waals surface area contributed by atoms with Gasteiger partial charge in [-0.1, -0.05) is 12.8 Å². The first-order valence-electron chi connectivity index (χ1n) is 12.8. The molecule has 0 bridgehead atoms. The zero-order chi connectivity index (χ0) is 24.2. The number of nitrogens with one attached hydrogen (secondary N) is 2. The van der Waals surface area contributed by atoms with Crippen LogP contribution in [0.5, 0.6) is 0 Å². The molecule has 9 nitrogen and oxygen atoms in total. The van der Waals surface area contributed by atoms with Gasteiger partial charge in [0.15, 0.2) is 0 Å². The van der Waals surface area contributed by atoms with Gasteiger partial charge in [-0.2, -0.15) is 5.26 Å². The summed E-state index contributed by atoms with van der Waals surface area (Å²) in [5, 5.41) is 24.0. The van der Waals surface area contributed by atoms with E-state index in [-0.39, 0.29) is 29.8 Å². The average molecular weight is 477 g/mol. The van der Waals surface area contributed by atoms with E-state index >= 15 is 0 Å². The highest BCUT2D eigenvalue weighted by atomic mass is 16.4. The maximum absolute atomic E-state index is 12.8. The van der Waals surface area contributed by atoms with Gasteiger partial charge in [-0.3, -0.25) is 14.9 Å². The van der Waals surface area contributed by atoms with Gasteiger partial charge < -0.3 is 14.6 Å². The molecule has 1 aliphatic carbocycles. The Hall–Kier alpha value is -3.25. The van der Waals surface area contributed by atoms with E-state index < -0.39 is 0 Å². The van der Waals surface area contributed by atoms with Gasteiger partial charge in [0.2, 0.25) is 23.6 Å². The summed E-state index contributed by atoms with van der Waals surface area (Å²) in [5.74, 6) is 1.66. The third-order valence-electron chi connectivity index (χ3n) is 7.62. The molecule has 3 heterocycles. The second-order valence-electron chi connectivity index (χ2n) is 9.91. The summed E-state index contributed by atoms with van der Waals surface area (Å²) < 4.78 is 5.91. The number of amides is 2. The Morgan fingerprint density at radius 2 is 1.89 bits per heavy atom. The molecule has 3 aliphatic rings. The van der Waals surface area contributed by atoms with Crippen LogP contribution in [0.1, 0.15) is 75.2 Å². The Kier molecular flexibility index (Phi) is 7.09. The Morgan fingerprint density at radius 1 is 1.11 bits per heavy atom. The Labute approximate surface area is 205 Å². The number of aromatic nitrogens is 2. The van der Waals surface area contributed by atoms with Crippen LogP contribution < -0.4 is 10.6 Å². The molecule has 2 amide bonds. The molecule has 0 spiro atoms. The fraction of sp³-hybridized carbons (Fsp3) is 0.577. The first kappa shape index (κ1) is 23.5. The van der Waals surface area contributed by atoms with Crippen molar-refractivity contribution in [1.82, 2.24) is 25.7 Å². The molecule has 2 aromatic rings. The lowest BCUT2D eigenvalue weighted by molar-refractivity contribution is -0.132. The number of piperidine rings is 1. The molecule has 2 N–H and O–H groups in total. The van der Waals surface area contributed by atoms with Crippen LogP contribution in [-0.4, -0.2) is 52.2 Å². The number of benzene rings is 1. The molecule has 35 heavy (non-hydrogen) atoms. The quantitative estimate of drug-likeness (QED) is 0.656. The molecular weight excluding hydrogens is 444 g/mol. The zero-order valence-electron chi connectivity index (χ0n) is 19.9. The number of rotatable bonds is 6. The third-order valence-corrected chi connectivity index (χ3v) is 7.62. The molecular formula is C26H32N6O3. The van der Waals surface area contributed by atoms with Gasteiger partial charge in [0.1, 0.15) is 0 Å². The second-order valence-corrected chi connectivity index (χ2v) is 9.91. The van der Waals surface area contributed by atoms with E-state index in [0.29, 0.717) is 42.9 Å². The molecule has 1 aromatic carbocycles. The van der Waals surface area contributed by atoms with Crippen LogP contribution in [0, 0.1) is 17.2 Å². The first-order chi connectivity index (χ1) is 17.1. The fourth-order valence-corrected chi connectivity index (χ4v) is 5.57. The molecule has 1 aromatic heterocycles. The molecule has 9 heteroatoms. The third kappa shape index (κ3) is 5.38. The number of carbonyl (C=O) groups is 2. The van der Waals surface area contributed by atoms with Crippen LogP contribution in [-0.2, 0) is 9.59 Å². The van der Waals surface area contributed by atoms with Crippen molar-refractivity contribution in [3.05, 3.63) is 35.7 Å². The second kappa shape index (κ2) is 10.6. The van der Waals surface area contributed by atoms with E-state index in [2.05, 4.69) is 26.9 Å². The summed E-state index contributed by atoms with van der Waals surface area (Å²) in [5.41, 5.74) is 1.38. The topological polar surface area (TPSA) is 124 Å². The molecule has 2 aliphatic heterocycles. The minimum absolute atomic E-state index is 0.0248. The minimum Gasteiger partial charge on any atom is -0.420 e. The highest BCUT2D eigenvalue weighted by Crippen LogP contribution is 2.30. The highest BCUT2D eigenvalue weighted by Gasteiger charge is 2.37. The number of hydrogen-bond acceptors (Lipinski definition) is 7. The van der Waals surface area contributed by atoms with Crippen LogP contribution >= 0.6 is 0 Å². The van der Waals surface area contributed by atoms with Crippen molar-refractivity contribution in [1.29, 1.82) is 5.26 Å². The molecule has 3 fully saturated rings. The van der Waals surface area contributed by atoms with Crippen molar-refractivity contribution < 1.29 is 14.0 Å².